The van der Waals surface area contributed by atoms with E-state index in [0.717, 1.165) is 24.9 Å². The summed E-state index contributed by atoms with van der Waals surface area (Å²) >= 11 is 0. The van der Waals surface area contributed by atoms with Gasteiger partial charge in [-0.2, -0.15) is 4.98 Å². The van der Waals surface area contributed by atoms with Crippen LogP contribution in [0.25, 0.3) is 0 Å². The van der Waals surface area contributed by atoms with Crippen LogP contribution in [0.5, 0.6) is 0 Å². The molecule has 2 rings (SSSR count). The summed E-state index contributed by atoms with van der Waals surface area (Å²) in [5.74, 6) is 1.32. The van der Waals surface area contributed by atoms with Gasteiger partial charge in [0.15, 0.2) is 0 Å². The van der Waals surface area contributed by atoms with Crippen LogP contribution in [-0.2, 0) is 6.42 Å². The summed E-state index contributed by atoms with van der Waals surface area (Å²) < 4.78 is 13.5. The molecule has 5 heteroatoms. The van der Waals surface area contributed by atoms with Crippen molar-refractivity contribution in [3.8, 4) is 0 Å². The highest BCUT2D eigenvalue weighted by atomic mass is 19.1. The molecular formula is C16H21FN4. The molecule has 0 amide bonds. The number of anilines is 2. The van der Waals surface area contributed by atoms with Gasteiger partial charge in [0.2, 0.25) is 5.95 Å². The molecule has 0 unspecified atom stereocenters. The van der Waals surface area contributed by atoms with Crippen molar-refractivity contribution in [2.75, 3.05) is 29.9 Å². The van der Waals surface area contributed by atoms with Crippen molar-refractivity contribution in [3.63, 3.8) is 0 Å². The second kappa shape index (κ2) is 7.57. The molecule has 0 spiro atoms. The zero-order chi connectivity index (χ0) is 15.1. The Labute approximate surface area is 125 Å². The van der Waals surface area contributed by atoms with Crippen molar-refractivity contribution in [1.29, 1.82) is 0 Å². The summed E-state index contributed by atoms with van der Waals surface area (Å²) in [5.41, 5.74) is 0.711. The van der Waals surface area contributed by atoms with Crippen molar-refractivity contribution in [2.24, 2.45) is 0 Å². The van der Waals surface area contributed by atoms with E-state index in [1.165, 1.54) is 6.07 Å². The van der Waals surface area contributed by atoms with Crippen LogP contribution in [0.3, 0.4) is 0 Å². The summed E-state index contributed by atoms with van der Waals surface area (Å²) in [7, 11) is 0. The van der Waals surface area contributed by atoms with Crippen LogP contribution in [0, 0.1) is 5.82 Å². The SMILES string of the molecule is CCN(CC)c1nccc(NCCc2ccccc2F)n1. The molecule has 4 nitrogen and oxygen atoms in total. The molecule has 0 aliphatic rings. The topological polar surface area (TPSA) is 41.1 Å². The van der Waals surface area contributed by atoms with E-state index in [0.29, 0.717) is 18.5 Å². The second-order valence-corrected chi connectivity index (χ2v) is 4.68. The molecule has 2 aromatic rings. The van der Waals surface area contributed by atoms with E-state index in [2.05, 4.69) is 34.0 Å². The Balaban J connectivity index is 1.94. The number of halogens is 1. The second-order valence-electron chi connectivity index (χ2n) is 4.68. The Morgan fingerprint density at radius 1 is 1.14 bits per heavy atom. The van der Waals surface area contributed by atoms with Crippen molar-refractivity contribution >= 4 is 11.8 Å². The van der Waals surface area contributed by atoms with Gasteiger partial charge in [-0.05, 0) is 38.0 Å². The number of hydrogen-bond acceptors (Lipinski definition) is 4. The van der Waals surface area contributed by atoms with Crippen LogP contribution in [0.15, 0.2) is 36.5 Å². The molecule has 0 saturated carbocycles. The lowest BCUT2D eigenvalue weighted by Gasteiger charge is -2.18. The first kappa shape index (κ1) is 15.2. The fourth-order valence-electron chi connectivity index (χ4n) is 2.13. The third kappa shape index (κ3) is 4.15. The molecular weight excluding hydrogens is 267 g/mol. The van der Waals surface area contributed by atoms with Gasteiger partial charge in [-0.25, -0.2) is 9.37 Å². The number of hydrogen-bond donors (Lipinski definition) is 1. The number of aromatic nitrogens is 2. The van der Waals surface area contributed by atoms with Gasteiger partial charge >= 0.3 is 0 Å². The average Bonchev–Trinajstić information content (AvgIpc) is 2.51. The van der Waals surface area contributed by atoms with Gasteiger partial charge in [-0.3, -0.25) is 0 Å². The lowest BCUT2D eigenvalue weighted by Crippen LogP contribution is -2.24. The summed E-state index contributed by atoms with van der Waals surface area (Å²) in [6.45, 7) is 6.52. The zero-order valence-electron chi connectivity index (χ0n) is 12.5. The van der Waals surface area contributed by atoms with Crippen molar-refractivity contribution < 1.29 is 4.39 Å². The van der Waals surface area contributed by atoms with Crippen LogP contribution in [-0.4, -0.2) is 29.6 Å². The van der Waals surface area contributed by atoms with Crippen LogP contribution < -0.4 is 10.2 Å². The minimum atomic E-state index is -0.161. The lowest BCUT2D eigenvalue weighted by atomic mass is 10.1. The molecule has 0 atom stereocenters. The molecule has 0 radical (unpaired) electrons. The predicted octanol–water partition coefficient (Wildman–Crippen LogP) is 3.12. The molecule has 0 aliphatic heterocycles. The average molecular weight is 288 g/mol. The van der Waals surface area contributed by atoms with E-state index < -0.39 is 0 Å². The van der Waals surface area contributed by atoms with E-state index in [1.54, 1.807) is 18.3 Å². The van der Waals surface area contributed by atoms with Crippen LogP contribution in [0.2, 0.25) is 0 Å². The fraction of sp³-hybridized carbons (Fsp3) is 0.375. The summed E-state index contributed by atoms with van der Waals surface area (Å²) in [6.07, 6.45) is 2.36. The minimum absolute atomic E-state index is 0.161. The van der Waals surface area contributed by atoms with Gasteiger partial charge in [0.25, 0.3) is 0 Å². The van der Waals surface area contributed by atoms with E-state index in [-0.39, 0.29) is 5.82 Å². The third-order valence-electron chi connectivity index (χ3n) is 3.35. The van der Waals surface area contributed by atoms with Gasteiger partial charge < -0.3 is 10.2 Å². The van der Waals surface area contributed by atoms with E-state index in [9.17, 15) is 4.39 Å². The molecule has 0 fully saturated rings. The van der Waals surface area contributed by atoms with Gasteiger partial charge in [0.05, 0.1) is 0 Å². The number of rotatable bonds is 7. The minimum Gasteiger partial charge on any atom is -0.370 e. The summed E-state index contributed by atoms with van der Waals surface area (Å²) in [5, 5.41) is 3.22. The first-order valence-corrected chi connectivity index (χ1v) is 7.29. The van der Waals surface area contributed by atoms with E-state index >= 15 is 0 Å². The molecule has 1 heterocycles. The van der Waals surface area contributed by atoms with Crippen LogP contribution in [0.4, 0.5) is 16.2 Å². The van der Waals surface area contributed by atoms with Crippen LogP contribution >= 0.6 is 0 Å². The van der Waals surface area contributed by atoms with Crippen LogP contribution in [0.1, 0.15) is 19.4 Å². The number of nitrogens with one attached hydrogen (secondary N) is 1. The predicted molar refractivity (Wildman–Crippen MR) is 84.2 cm³/mol. The molecule has 1 aromatic carbocycles. The van der Waals surface area contributed by atoms with Gasteiger partial charge in [-0.15, -0.1) is 0 Å². The molecule has 112 valence electrons. The van der Waals surface area contributed by atoms with Gasteiger partial charge in [0.1, 0.15) is 11.6 Å². The summed E-state index contributed by atoms with van der Waals surface area (Å²) in [6, 6.07) is 8.67. The molecule has 1 N–H and O–H groups in total. The Hall–Kier alpha value is -2.17. The monoisotopic (exact) mass is 288 g/mol. The normalized spacial score (nSPS) is 10.4. The van der Waals surface area contributed by atoms with Crippen molar-refractivity contribution in [1.82, 2.24) is 9.97 Å². The zero-order valence-corrected chi connectivity index (χ0v) is 12.5. The van der Waals surface area contributed by atoms with E-state index in [4.69, 9.17) is 0 Å². The highest BCUT2D eigenvalue weighted by Crippen LogP contribution is 2.11. The fourth-order valence-corrected chi connectivity index (χ4v) is 2.13. The first-order valence-electron chi connectivity index (χ1n) is 7.29. The molecule has 21 heavy (non-hydrogen) atoms. The highest BCUT2D eigenvalue weighted by Gasteiger charge is 2.06. The Bertz CT molecular complexity index is 570. The van der Waals surface area contributed by atoms with Crippen molar-refractivity contribution in [3.05, 3.63) is 47.9 Å². The molecule has 1 aromatic heterocycles. The number of benzene rings is 1. The number of nitrogens with zero attached hydrogens (tertiary/aromatic N) is 3. The quantitative estimate of drug-likeness (QED) is 0.850. The first-order chi connectivity index (χ1) is 10.2. The molecule has 0 aliphatic carbocycles. The maximum atomic E-state index is 13.5. The Kier molecular flexibility index (Phi) is 5.49. The maximum absolute atomic E-state index is 13.5. The Morgan fingerprint density at radius 2 is 1.90 bits per heavy atom. The molecule has 0 saturated heterocycles. The maximum Gasteiger partial charge on any atom is 0.227 e. The van der Waals surface area contributed by atoms with Crippen molar-refractivity contribution in [2.45, 2.75) is 20.3 Å². The smallest absolute Gasteiger partial charge is 0.227 e. The largest absolute Gasteiger partial charge is 0.370 e. The van der Waals surface area contributed by atoms with E-state index in [1.807, 2.05) is 12.1 Å². The third-order valence-corrected chi connectivity index (χ3v) is 3.35. The van der Waals surface area contributed by atoms with Gasteiger partial charge in [0, 0.05) is 25.8 Å². The highest BCUT2D eigenvalue weighted by molar-refractivity contribution is 5.41. The summed E-state index contributed by atoms with van der Waals surface area (Å²) in [4.78, 5) is 10.8. The van der Waals surface area contributed by atoms with Gasteiger partial charge in [-0.1, -0.05) is 18.2 Å². The lowest BCUT2D eigenvalue weighted by molar-refractivity contribution is 0.610. The Morgan fingerprint density at radius 3 is 2.62 bits per heavy atom. The standard InChI is InChI=1S/C16H21FN4/c1-3-21(4-2)16-19-12-10-15(20-16)18-11-9-13-7-5-6-8-14(13)17/h5-8,10,12H,3-4,9,11H2,1-2H3,(H,18,19,20). The molecule has 0 bridgehead atoms.